The van der Waals surface area contributed by atoms with Gasteiger partial charge in [0.2, 0.25) is 0 Å². The molecule has 1 aliphatic rings. The van der Waals surface area contributed by atoms with E-state index >= 15 is 0 Å². The van der Waals surface area contributed by atoms with Crippen molar-refractivity contribution in [1.29, 1.82) is 5.26 Å². The zero-order valence-electron chi connectivity index (χ0n) is 22.4. The Morgan fingerprint density at radius 2 is 1.82 bits per heavy atom. The highest BCUT2D eigenvalue weighted by Crippen LogP contribution is 2.33. The number of ether oxygens (including phenoxy) is 1. The number of hydrogen-bond acceptors (Lipinski definition) is 5. The third kappa shape index (κ3) is 5.83. The summed E-state index contributed by atoms with van der Waals surface area (Å²) < 4.78 is 21.8. The molecule has 2 amide bonds. The number of halogens is 1. The highest BCUT2D eigenvalue weighted by Gasteiger charge is 2.35. The zero-order valence-corrected chi connectivity index (χ0v) is 22.4. The molecular formula is C31H31FN4O3. The van der Waals surface area contributed by atoms with Gasteiger partial charge in [-0.2, -0.15) is 10.4 Å². The number of nitrogens with zero attached hydrogens (tertiary/aromatic N) is 4. The van der Waals surface area contributed by atoms with Crippen LogP contribution in [0.25, 0.3) is 23.0 Å². The van der Waals surface area contributed by atoms with E-state index in [1.807, 2.05) is 36.4 Å². The Labute approximate surface area is 227 Å². The quantitative estimate of drug-likeness (QED) is 0.177. The fourth-order valence-electron chi connectivity index (χ4n) is 4.54. The molecule has 0 bridgehead atoms. The first-order valence-corrected chi connectivity index (χ1v) is 13.2. The molecule has 0 N–H and O–H groups in total. The third-order valence-electron chi connectivity index (χ3n) is 6.63. The van der Waals surface area contributed by atoms with Crippen molar-refractivity contribution in [2.75, 3.05) is 13.2 Å². The number of imide groups is 1. The standard InChI is InChI=1S/C31H31FN4O3/c1-4-6-7-11-16-35-30(37)25(21(3)26(19-33)31(35)38)17-23-20-36(24-12-9-8-10-13-24)34-29(23)22-14-15-28(39-5-2)27(32)18-22/h8-10,12-15,17-18,20H,4-7,11,16H2,1-3H3/b25-17+. The molecule has 0 saturated heterocycles. The third-order valence-corrected chi connectivity index (χ3v) is 6.63. The second-order valence-electron chi connectivity index (χ2n) is 9.28. The summed E-state index contributed by atoms with van der Waals surface area (Å²) in [6.45, 7) is 6.05. The van der Waals surface area contributed by atoms with Gasteiger partial charge in [0.25, 0.3) is 11.8 Å². The van der Waals surface area contributed by atoms with Gasteiger partial charge in [-0.15, -0.1) is 0 Å². The Morgan fingerprint density at radius 1 is 1.05 bits per heavy atom. The Kier molecular flexibility index (Phi) is 8.72. The van der Waals surface area contributed by atoms with Crippen LogP contribution in [0.4, 0.5) is 4.39 Å². The molecule has 3 aromatic rings. The summed E-state index contributed by atoms with van der Waals surface area (Å²) >= 11 is 0. The minimum absolute atomic E-state index is 0.0551. The summed E-state index contributed by atoms with van der Waals surface area (Å²) in [6.07, 6.45) is 6.96. The van der Waals surface area contributed by atoms with E-state index in [-0.39, 0.29) is 23.4 Å². The largest absolute Gasteiger partial charge is 0.491 e. The second-order valence-corrected chi connectivity index (χ2v) is 9.28. The van der Waals surface area contributed by atoms with Gasteiger partial charge in [0, 0.05) is 29.4 Å². The van der Waals surface area contributed by atoms with Gasteiger partial charge in [-0.3, -0.25) is 14.5 Å². The van der Waals surface area contributed by atoms with Gasteiger partial charge in [0.1, 0.15) is 17.3 Å². The molecule has 8 heteroatoms. The van der Waals surface area contributed by atoms with Crippen LogP contribution in [-0.4, -0.2) is 39.6 Å². The number of carbonyl (C=O) groups is 2. The van der Waals surface area contributed by atoms with Crippen molar-refractivity contribution in [1.82, 2.24) is 14.7 Å². The van der Waals surface area contributed by atoms with E-state index in [9.17, 15) is 19.2 Å². The lowest BCUT2D eigenvalue weighted by Crippen LogP contribution is -2.43. The number of benzene rings is 2. The average molecular weight is 527 g/mol. The van der Waals surface area contributed by atoms with Crippen LogP contribution in [0.15, 0.2) is 71.4 Å². The molecule has 39 heavy (non-hydrogen) atoms. The summed E-state index contributed by atoms with van der Waals surface area (Å²) in [5.74, 6) is -1.41. The first kappa shape index (κ1) is 27.5. The normalized spacial score (nSPS) is 14.7. The van der Waals surface area contributed by atoms with Gasteiger partial charge >= 0.3 is 0 Å². The highest BCUT2D eigenvalue weighted by molar-refractivity contribution is 6.19. The molecule has 1 aromatic heterocycles. The molecule has 200 valence electrons. The lowest BCUT2D eigenvalue weighted by molar-refractivity contribution is -0.140. The van der Waals surface area contributed by atoms with E-state index in [0.29, 0.717) is 35.4 Å². The minimum atomic E-state index is -0.567. The monoisotopic (exact) mass is 526 g/mol. The summed E-state index contributed by atoms with van der Waals surface area (Å²) in [6, 6.07) is 16.0. The maximum atomic E-state index is 14.8. The van der Waals surface area contributed by atoms with Crippen LogP contribution >= 0.6 is 0 Å². The Morgan fingerprint density at radius 3 is 2.49 bits per heavy atom. The number of para-hydroxylation sites is 1. The van der Waals surface area contributed by atoms with Crippen molar-refractivity contribution in [3.8, 4) is 28.8 Å². The predicted molar refractivity (Wildman–Crippen MR) is 147 cm³/mol. The molecule has 0 fully saturated rings. The Bertz CT molecular complexity index is 1480. The molecule has 7 nitrogen and oxygen atoms in total. The van der Waals surface area contributed by atoms with E-state index in [1.54, 1.807) is 42.9 Å². The number of nitriles is 1. The van der Waals surface area contributed by atoms with Gasteiger partial charge in [-0.05, 0) is 62.2 Å². The maximum Gasteiger partial charge on any atom is 0.271 e. The lowest BCUT2D eigenvalue weighted by atomic mass is 9.93. The van der Waals surface area contributed by atoms with Crippen LogP contribution in [-0.2, 0) is 9.59 Å². The van der Waals surface area contributed by atoms with Crippen LogP contribution in [0.1, 0.15) is 52.0 Å². The van der Waals surface area contributed by atoms with Crippen LogP contribution < -0.4 is 4.74 Å². The zero-order chi connectivity index (χ0) is 27.9. The van der Waals surface area contributed by atoms with Crippen LogP contribution in [0, 0.1) is 17.1 Å². The van der Waals surface area contributed by atoms with Crippen molar-refractivity contribution in [3.63, 3.8) is 0 Å². The molecule has 0 unspecified atom stereocenters. The van der Waals surface area contributed by atoms with Crippen molar-refractivity contribution in [2.24, 2.45) is 0 Å². The molecule has 2 aromatic carbocycles. The second kappa shape index (κ2) is 12.4. The summed E-state index contributed by atoms with van der Waals surface area (Å²) in [4.78, 5) is 27.7. The summed E-state index contributed by atoms with van der Waals surface area (Å²) in [7, 11) is 0. The average Bonchev–Trinajstić information content (AvgIpc) is 3.36. The Hall–Kier alpha value is -4.51. The van der Waals surface area contributed by atoms with E-state index in [2.05, 4.69) is 6.92 Å². The fraction of sp³-hybridized carbons (Fsp3) is 0.290. The van der Waals surface area contributed by atoms with E-state index in [1.165, 1.54) is 6.07 Å². The van der Waals surface area contributed by atoms with Crippen molar-refractivity contribution in [3.05, 3.63) is 82.8 Å². The smallest absolute Gasteiger partial charge is 0.271 e. The van der Waals surface area contributed by atoms with E-state index < -0.39 is 17.6 Å². The molecule has 0 radical (unpaired) electrons. The molecular weight excluding hydrogens is 495 g/mol. The summed E-state index contributed by atoms with van der Waals surface area (Å²) in [5, 5.41) is 14.5. The SMILES string of the molecule is CCCCCCN1C(=O)C(C#N)=C(C)/C(=C\c2cn(-c3ccccc3)nc2-c2ccc(OCC)c(F)c2)C1=O. The van der Waals surface area contributed by atoms with Crippen LogP contribution in [0.3, 0.4) is 0 Å². The summed E-state index contributed by atoms with van der Waals surface area (Å²) in [5.41, 5.74) is 2.76. The topological polar surface area (TPSA) is 88.2 Å². The van der Waals surface area contributed by atoms with Gasteiger partial charge in [0.15, 0.2) is 11.6 Å². The molecule has 0 atom stereocenters. The maximum absolute atomic E-state index is 14.8. The molecule has 2 heterocycles. The molecule has 0 spiro atoms. The number of rotatable bonds is 10. The highest BCUT2D eigenvalue weighted by atomic mass is 19.1. The predicted octanol–water partition coefficient (Wildman–Crippen LogP) is 6.25. The van der Waals surface area contributed by atoms with E-state index in [0.717, 1.165) is 29.8 Å². The van der Waals surface area contributed by atoms with Gasteiger partial charge in [-0.25, -0.2) is 9.07 Å². The number of unbranched alkanes of at least 4 members (excludes halogenated alkanes) is 3. The number of aromatic nitrogens is 2. The van der Waals surface area contributed by atoms with Crippen molar-refractivity contribution >= 4 is 17.9 Å². The molecule has 0 saturated carbocycles. The van der Waals surface area contributed by atoms with Gasteiger partial charge < -0.3 is 4.74 Å². The van der Waals surface area contributed by atoms with Gasteiger partial charge in [-0.1, -0.05) is 44.4 Å². The fourth-order valence-corrected chi connectivity index (χ4v) is 4.54. The Balaban J connectivity index is 1.83. The van der Waals surface area contributed by atoms with Crippen LogP contribution in [0.2, 0.25) is 0 Å². The minimum Gasteiger partial charge on any atom is -0.491 e. The van der Waals surface area contributed by atoms with Crippen molar-refractivity contribution in [2.45, 2.75) is 46.5 Å². The van der Waals surface area contributed by atoms with Crippen LogP contribution in [0.5, 0.6) is 5.75 Å². The molecule has 1 aliphatic heterocycles. The first-order chi connectivity index (χ1) is 18.9. The number of carbonyl (C=O) groups excluding carboxylic acids is 2. The van der Waals surface area contributed by atoms with Crippen molar-refractivity contribution < 1.29 is 18.7 Å². The molecule has 4 rings (SSSR count). The van der Waals surface area contributed by atoms with E-state index in [4.69, 9.17) is 9.84 Å². The molecule has 0 aliphatic carbocycles. The van der Waals surface area contributed by atoms with Gasteiger partial charge in [0.05, 0.1) is 12.3 Å². The number of amides is 2. The number of hydrogen-bond donors (Lipinski definition) is 0. The first-order valence-electron chi connectivity index (χ1n) is 13.2. The lowest BCUT2D eigenvalue weighted by Gasteiger charge is -2.27.